The van der Waals surface area contributed by atoms with Crippen molar-refractivity contribution >= 4 is 17.5 Å². The average Bonchev–Trinajstić information content (AvgIpc) is 2.45. The van der Waals surface area contributed by atoms with Gasteiger partial charge in [-0.3, -0.25) is 4.79 Å². The van der Waals surface area contributed by atoms with Gasteiger partial charge in [0.1, 0.15) is 5.82 Å². The van der Waals surface area contributed by atoms with Crippen molar-refractivity contribution in [3.05, 3.63) is 18.3 Å². The Morgan fingerprint density at radius 2 is 2.00 bits per heavy atom. The van der Waals surface area contributed by atoms with Gasteiger partial charge in [-0.1, -0.05) is 0 Å². The van der Waals surface area contributed by atoms with E-state index in [1.165, 1.54) is 0 Å². The molecule has 1 heterocycles. The van der Waals surface area contributed by atoms with Crippen molar-refractivity contribution in [3.8, 4) is 0 Å². The summed E-state index contributed by atoms with van der Waals surface area (Å²) in [5.41, 5.74) is 0.855. The van der Waals surface area contributed by atoms with Crippen molar-refractivity contribution in [2.45, 2.75) is 25.8 Å². The van der Waals surface area contributed by atoms with Crippen LogP contribution in [-0.2, 0) is 4.79 Å². The molecular formula is C16H28N4O2. The Hall–Kier alpha value is -1.82. The van der Waals surface area contributed by atoms with Gasteiger partial charge in [0, 0.05) is 20.1 Å². The van der Waals surface area contributed by atoms with Gasteiger partial charge < -0.3 is 20.2 Å². The Labute approximate surface area is 133 Å². The van der Waals surface area contributed by atoms with Gasteiger partial charge in [-0.15, -0.1) is 0 Å². The summed E-state index contributed by atoms with van der Waals surface area (Å²) in [7, 11) is 7.91. The van der Waals surface area contributed by atoms with E-state index in [0.29, 0.717) is 0 Å². The highest BCUT2D eigenvalue weighted by Crippen LogP contribution is 2.18. The van der Waals surface area contributed by atoms with Crippen LogP contribution in [0.2, 0.25) is 0 Å². The minimum Gasteiger partial charge on any atom is -0.481 e. The zero-order chi connectivity index (χ0) is 16.7. The molecule has 1 rings (SSSR count). The van der Waals surface area contributed by atoms with Crippen LogP contribution in [0.25, 0.3) is 0 Å². The lowest BCUT2D eigenvalue weighted by Gasteiger charge is -2.24. The first-order valence-electron chi connectivity index (χ1n) is 7.58. The van der Waals surface area contributed by atoms with E-state index in [2.05, 4.69) is 15.2 Å². The molecule has 0 saturated carbocycles. The lowest BCUT2D eigenvalue weighted by molar-refractivity contribution is -0.141. The molecule has 1 aromatic heterocycles. The van der Waals surface area contributed by atoms with Gasteiger partial charge in [-0.25, -0.2) is 4.98 Å². The van der Waals surface area contributed by atoms with Gasteiger partial charge in [0.2, 0.25) is 0 Å². The first-order chi connectivity index (χ1) is 10.3. The van der Waals surface area contributed by atoms with Crippen LogP contribution < -0.4 is 10.2 Å². The predicted molar refractivity (Wildman–Crippen MR) is 90.6 cm³/mol. The lowest BCUT2D eigenvalue weighted by Crippen LogP contribution is -2.33. The number of carboxylic acids is 1. The summed E-state index contributed by atoms with van der Waals surface area (Å²) in [5, 5.41) is 12.6. The minimum atomic E-state index is -0.778. The van der Waals surface area contributed by atoms with Gasteiger partial charge in [0.15, 0.2) is 0 Å². The lowest BCUT2D eigenvalue weighted by atomic mass is 9.97. The molecule has 0 fully saturated rings. The Morgan fingerprint density at radius 1 is 1.32 bits per heavy atom. The van der Waals surface area contributed by atoms with Crippen LogP contribution in [-0.4, -0.2) is 61.7 Å². The number of aliphatic carboxylic acids is 1. The van der Waals surface area contributed by atoms with Crippen molar-refractivity contribution in [1.82, 2.24) is 9.88 Å². The zero-order valence-corrected chi connectivity index (χ0v) is 14.2. The van der Waals surface area contributed by atoms with Gasteiger partial charge in [-0.2, -0.15) is 0 Å². The Balaban J connectivity index is 2.72. The fourth-order valence-electron chi connectivity index (χ4n) is 2.20. The molecule has 0 spiro atoms. The summed E-state index contributed by atoms with van der Waals surface area (Å²) in [5.74, 6) is -0.350. The summed E-state index contributed by atoms with van der Waals surface area (Å²) in [4.78, 5) is 19.7. The van der Waals surface area contributed by atoms with E-state index in [4.69, 9.17) is 0 Å². The third-order valence-corrected chi connectivity index (χ3v) is 3.67. The van der Waals surface area contributed by atoms with Crippen molar-refractivity contribution in [2.24, 2.45) is 5.92 Å². The SMILES string of the molecule is CC(C(=O)O)C(CCCN(C)C)Nc1ccc(N(C)C)nc1. The molecule has 2 atom stereocenters. The normalized spacial score (nSPS) is 13.7. The van der Waals surface area contributed by atoms with Crippen LogP contribution in [0.3, 0.4) is 0 Å². The van der Waals surface area contributed by atoms with Crippen molar-refractivity contribution in [1.29, 1.82) is 0 Å². The van der Waals surface area contributed by atoms with Gasteiger partial charge in [-0.05, 0) is 52.5 Å². The fraction of sp³-hybridized carbons (Fsp3) is 0.625. The fourth-order valence-corrected chi connectivity index (χ4v) is 2.20. The summed E-state index contributed by atoms with van der Waals surface area (Å²) in [6.45, 7) is 2.69. The number of nitrogens with zero attached hydrogens (tertiary/aromatic N) is 3. The molecule has 22 heavy (non-hydrogen) atoms. The highest BCUT2D eigenvalue weighted by Gasteiger charge is 2.23. The zero-order valence-electron chi connectivity index (χ0n) is 14.2. The van der Waals surface area contributed by atoms with E-state index in [1.54, 1.807) is 13.1 Å². The van der Waals surface area contributed by atoms with Gasteiger partial charge >= 0.3 is 5.97 Å². The molecule has 2 unspecified atom stereocenters. The van der Waals surface area contributed by atoms with Gasteiger partial charge in [0.25, 0.3) is 0 Å². The monoisotopic (exact) mass is 308 g/mol. The summed E-state index contributed by atoms with van der Waals surface area (Å²) < 4.78 is 0. The third kappa shape index (κ3) is 5.89. The van der Waals surface area contributed by atoms with Crippen LogP contribution in [0.1, 0.15) is 19.8 Å². The topological polar surface area (TPSA) is 68.7 Å². The Morgan fingerprint density at radius 3 is 2.45 bits per heavy atom. The maximum absolute atomic E-state index is 11.3. The first-order valence-corrected chi connectivity index (χ1v) is 7.58. The number of hydrogen-bond donors (Lipinski definition) is 2. The number of aromatic nitrogens is 1. The van der Waals surface area contributed by atoms with Crippen LogP contribution in [0.5, 0.6) is 0 Å². The van der Waals surface area contributed by atoms with E-state index in [-0.39, 0.29) is 6.04 Å². The molecule has 2 N–H and O–H groups in total. The highest BCUT2D eigenvalue weighted by molar-refractivity contribution is 5.71. The van der Waals surface area contributed by atoms with Crippen LogP contribution in [0.4, 0.5) is 11.5 Å². The number of nitrogens with one attached hydrogen (secondary N) is 1. The smallest absolute Gasteiger partial charge is 0.308 e. The number of carboxylic acid groups (broad SMARTS) is 1. The number of pyridine rings is 1. The number of hydrogen-bond acceptors (Lipinski definition) is 5. The van der Waals surface area contributed by atoms with Crippen molar-refractivity contribution in [2.75, 3.05) is 45.0 Å². The van der Waals surface area contributed by atoms with Crippen molar-refractivity contribution < 1.29 is 9.90 Å². The second kappa shape index (κ2) is 8.58. The quantitative estimate of drug-likeness (QED) is 0.727. The standard InChI is InChI=1S/C16H28N4O2/c1-12(16(21)22)14(7-6-10-19(2)3)18-13-8-9-15(17-11-13)20(4)5/h8-9,11-12,14,18H,6-7,10H2,1-5H3,(H,21,22). The minimum absolute atomic E-state index is 0.107. The van der Waals surface area contributed by atoms with E-state index < -0.39 is 11.9 Å². The van der Waals surface area contributed by atoms with E-state index in [9.17, 15) is 9.90 Å². The number of anilines is 2. The number of rotatable bonds is 9. The number of carbonyl (C=O) groups is 1. The predicted octanol–water partition coefficient (Wildman–Crippen LogP) is 1.99. The maximum Gasteiger partial charge on any atom is 0.308 e. The molecule has 0 radical (unpaired) electrons. The largest absolute Gasteiger partial charge is 0.481 e. The summed E-state index contributed by atoms with van der Waals surface area (Å²) in [6, 6.07) is 3.75. The highest BCUT2D eigenvalue weighted by atomic mass is 16.4. The van der Waals surface area contributed by atoms with E-state index in [0.717, 1.165) is 30.9 Å². The molecule has 124 valence electrons. The molecule has 0 aliphatic carbocycles. The molecule has 6 nitrogen and oxygen atoms in total. The second-order valence-corrected chi connectivity index (χ2v) is 6.12. The molecule has 0 bridgehead atoms. The average molecular weight is 308 g/mol. The molecular weight excluding hydrogens is 280 g/mol. The van der Waals surface area contributed by atoms with Crippen molar-refractivity contribution in [3.63, 3.8) is 0 Å². The Bertz CT molecular complexity index is 460. The van der Waals surface area contributed by atoms with Crippen LogP contribution >= 0.6 is 0 Å². The summed E-state index contributed by atoms with van der Waals surface area (Å²) >= 11 is 0. The molecule has 6 heteroatoms. The first kappa shape index (κ1) is 18.2. The molecule has 0 aliphatic rings. The van der Waals surface area contributed by atoms with Crippen LogP contribution in [0.15, 0.2) is 18.3 Å². The van der Waals surface area contributed by atoms with E-state index in [1.807, 2.05) is 45.2 Å². The molecule has 0 aliphatic heterocycles. The third-order valence-electron chi connectivity index (χ3n) is 3.67. The Kier molecular flexibility index (Phi) is 7.11. The molecule has 1 aromatic rings. The summed E-state index contributed by atoms with van der Waals surface area (Å²) in [6.07, 6.45) is 3.51. The van der Waals surface area contributed by atoms with Crippen LogP contribution in [0, 0.1) is 5.92 Å². The van der Waals surface area contributed by atoms with E-state index >= 15 is 0 Å². The maximum atomic E-state index is 11.3. The van der Waals surface area contributed by atoms with Gasteiger partial charge in [0.05, 0.1) is 17.8 Å². The molecule has 0 aromatic carbocycles. The molecule has 0 amide bonds. The molecule has 0 saturated heterocycles. The second-order valence-electron chi connectivity index (χ2n) is 6.12.